The van der Waals surface area contributed by atoms with Gasteiger partial charge in [0.15, 0.2) is 11.5 Å². The van der Waals surface area contributed by atoms with E-state index in [1.165, 1.54) is 0 Å². The van der Waals surface area contributed by atoms with Crippen LogP contribution in [-0.2, 0) is 11.3 Å². The van der Waals surface area contributed by atoms with Gasteiger partial charge >= 0.3 is 11.7 Å². The molecule has 0 amide bonds. The molecule has 3 N–H and O–H groups in total. The molecule has 2 aromatic heterocycles. The van der Waals surface area contributed by atoms with Crippen molar-refractivity contribution in [1.29, 1.82) is 0 Å². The van der Waals surface area contributed by atoms with Crippen LogP contribution in [0.3, 0.4) is 0 Å². The van der Waals surface area contributed by atoms with Crippen LogP contribution in [0.2, 0.25) is 0 Å². The average Bonchev–Trinajstić information content (AvgIpc) is 2.91. The minimum atomic E-state index is -0.250. The van der Waals surface area contributed by atoms with E-state index in [4.69, 9.17) is 14.6 Å². The molecule has 0 fully saturated rings. The summed E-state index contributed by atoms with van der Waals surface area (Å²) in [5.74, 6) is 0.634. The number of ether oxygens (including phenoxy) is 1. The van der Waals surface area contributed by atoms with Crippen molar-refractivity contribution in [1.82, 2.24) is 19.5 Å². The van der Waals surface area contributed by atoms with E-state index in [-0.39, 0.29) is 12.2 Å². The lowest BCUT2D eigenvalue weighted by atomic mass is 10.3. The topological polar surface area (TPSA) is 122 Å². The zero-order chi connectivity index (χ0) is 18.7. The lowest BCUT2D eigenvalue weighted by molar-refractivity contribution is -0.122. The van der Waals surface area contributed by atoms with Crippen molar-refractivity contribution in [2.75, 3.05) is 18.5 Å². The predicted molar refractivity (Wildman–Crippen MR) is 96.3 cm³/mol. The number of hydrogen-bond acceptors (Lipinski definition) is 6. The average molecular weight is 353 g/mol. The molecule has 0 unspecified atom stereocenters. The van der Waals surface area contributed by atoms with E-state index in [0.717, 1.165) is 32.2 Å². The summed E-state index contributed by atoms with van der Waals surface area (Å²) >= 11 is 0. The van der Waals surface area contributed by atoms with E-state index < -0.39 is 0 Å². The summed E-state index contributed by atoms with van der Waals surface area (Å²) in [7, 11) is 0. The van der Waals surface area contributed by atoms with E-state index in [9.17, 15) is 4.79 Å². The molecule has 0 saturated carbocycles. The number of aromatic amines is 1. The molecule has 0 aliphatic rings. The lowest BCUT2D eigenvalue weighted by Gasteiger charge is -2.09. The van der Waals surface area contributed by atoms with E-state index in [1.54, 1.807) is 4.57 Å². The standard InChI is InChI=1S/C15H25N5O2.CH2O2/c1-4-7-9-16-12-11-13(20(6-3)15(21)17-11)19-14(18-12)22-10-8-5-2;2-1-3/h4-10H2,1-3H3,(H,17,21)(H,16,18,19);1H,(H,2,3). The number of fused-ring (bicyclic) bond motifs is 1. The Morgan fingerprint density at radius 3 is 2.52 bits per heavy atom. The fraction of sp³-hybridized carbons (Fsp3) is 0.625. The number of H-pyrrole nitrogens is 1. The van der Waals surface area contributed by atoms with Gasteiger partial charge in [-0.15, -0.1) is 0 Å². The maximum atomic E-state index is 12.0. The van der Waals surface area contributed by atoms with Gasteiger partial charge in [0, 0.05) is 13.1 Å². The molecule has 2 rings (SSSR count). The fourth-order valence-electron chi connectivity index (χ4n) is 2.19. The molecule has 2 aromatic rings. The molecule has 0 aliphatic heterocycles. The summed E-state index contributed by atoms with van der Waals surface area (Å²) in [6.45, 7) is 7.84. The van der Waals surface area contributed by atoms with Gasteiger partial charge in [-0.25, -0.2) is 4.79 Å². The van der Waals surface area contributed by atoms with Crippen LogP contribution in [0, 0.1) is 0 Å². The molecule has 0 saturated heterocycles. The van der Waals surface area contributed by atoms with Gasteiger partial charge < -0.3 is 20.1 Å². The van der Waals surface area contributed by atoms with Gasteiger partial charge in [-0.2, -0.15) is 9.97 Å². The highest BCUT2D eigenvalue weighted by Gasteiger charge is 2.15. The van der Waals surface area contributed by atoms with Crippen LogP contribution in [-0.4, -0.2) is 44.2 Å². The third-order valence-corrected chi connectivity index (χ3v) is 3.47. The number of anilines is 1. The third kappa shape index (κ3) is 5.77. The SMILES string of the molecule is CCCCNc1nc(OCCCC)nc2c1[nH]c(=O)n2CC.O=CO. The molecule has 0 bridgehead atoms. The molecular weight excluding hydrogens is 326 g/mol. The molecule has 0 aliphatic carbocycles. The zero-order valence-electron chi connectivity index (χ0n) is 15.0. The van der Waals surface area contributed by atoms with Crippen molar-refractivity contribution in [2.45, 2.75) is 53.0 Å². The summed E-state index contributed by atoms with van der Waals surface area (Å²) in [5.41, 5.74) is 1.06. The number of rotatable bonds is 9. The van der Waals surface area contributed by atoms with E-state index in [1.807, 2.05) is 6.92 Å². The number of unbranched alkanes of at least 4 members (excludes halogenated alkanes) is 2. The first-order chi connectivity index (χ1) is 12.1. The normalized spacial score (nSPS) is 10.2. The summed E-state index contributed by atoms with van der Waals surface area (Å²) in [6, 6.07) is 0.321. The Kier molecular flexibility index (Phi) is 9.05. The Morgan fingerprint density at radius 1 is 1.24 bits per heavy atom. The van der Waals surface area contributed by atoms with Gasteiger partial charge in [-0.3, -0.25) is 9.36 Å². The van der Waals surface area contributed by atoms with E-state index in [2.05, 4.69) is 34.1 Å². The highest BCUT2D eigenvalue weighted by atomic mass is 16.5. The van der Waals surface area contributed by atoms with Crippen LogP contribution in [0.25, 0.3) is 11.2 Å². The molecule has 140 valence electrons. The highest BCUT2D eigenvalue weighted by Crippen LogP contribution is 2.20. The number of aromatic nitrogens is 4. The van der Waals surface area contributed by atoms with Crippen LogP contribution in [0.4, 0.5) is 5.82 Å². The van der Waals surface area contributed by atoms with Gasteiger partial charge in [0.25, 0.3) is 6.47 Å². The Labute approximate surface area is 146 Å². The van der Waals surface area contributed by atoms with Crippen LogP contribution >= 0.6 is 0 Å². The summed E-state index contributed by atoms with van der Waals surface area (Å²) in [4.78, 5) is 32.0. The van der Waals surface area contributed by atoms with Crippen LogP contribution in [0.15, 0.2) is 4.79 Å². The quantitative estimate of drug-likeness (QED) is 0.467. The minimum absolute atomic E-state index is 0.170. The zero-order valence-corrected chi connectivity index (χ0v) is 15.0. The van der Waals surface area contributed by atoms with Crippen molar-refractivity contribution >= 4 is 23.5 Å². The maximum absolute atomic E-state index is 12.0. The van der Waals surface area contributed by atoms with Crippen LogP contribution in [0.1, 0.15) is 46.5 Å². The van der Waals surface area contributed by atoms with Crippen molar-refractivity contribution in [3.05, 3.63) is 10.5 Å². The molecule has 9 heteroatoms. The third-order valence-electron chi connectivity index (χ3n) is 3.47. The van der Waals surface area contributed by atoms with Crippen molar-refractivity contribution < 1.29 is 14.6 Å². The van der Waals surface area contributed by atoms with E-state index >= 15 is 0 Å². The number of imidazole rings is 1. The van der Waals surface area contributed by atoms with Gasteiger partial charge in [0.05, 0.1) is 6.61 Å². The summed E-state index contributed by atoms with van der Waals surface area (Å²) < 4.78 is 7.21. The van der Waals surface area contributed by atoms with Crippen LogP contribution < -0.4 is 15.7 Å². The lowest BCUT2D eigenvalue weighted by Crippen LogP contribution is -2.15. The fourth-order valence-corrected chi connectivity index (χ4v) is 2.19. The minimum Gasteiger partial charge on any atom is -0.483 e. The summed E-state index contributed by atoms with van der Waals surface area (Å²) in [6.07, 6.45) is 4.13. The first-order valence-corrected chi connectivity index (χ1v) is 8.57. The van der Waals surface area contributed by atoms with Gasteiger partial charge in [-0.1, -0.05) is 26.7 Å². The molecule has 2 heterocycles. The van der Waals surface area contributed by atoms with Crippen LogP contribution in [0.5, 0.6) is 6.01 Å². The molecule has 25 heavy (non-hydrogen) atoms. The number of nitrogens with zero attached hydrogens (tertiary/aromatic N) is 3. The largest absolute Gasteiger partial charge is 0.483 e. The van der Waals surface area contributed by atoms with Crippen molar-refractivity contribution in [2.24, 2.45) is 0 Å². The first kappa shape index (κ1) is 20.5. The number of aryl methyl sites for hydroxylation is 1. The summed E-state index contributed by atoms with van der Waals surface area (Å²) in [5, 5.41) is 10.2. The van der Waals surface area contributed by atoms with Gasteiger partial charge in [-0.05, 0) is 19.8 Å². The number of nitrogens with one attached hydrogen (secondary N) is 2. The van der Waals surface area contributed by atoms with Gasteiger partial charge in [0.2, 0.25) is 0 Å². The molecular formula is C16H27N5O4. The Balaban J connectivity index is 0.000000970. The number of hydrogen-bond donors (Lipinski definition) is 3. The Bertz CT molecular complexity index is 710. The second-order valence-corrected chi connectivity index (χ2v) is 5.32. The molecule has 9 nitrogen and oxygen atoms in total. The Morgan fingerprint density at radius 2 is 1.92 bits per heavy atom. The van der Waals surface area contributed by atoms with Crippen molar-refractivity contribution in [3.8, 4) is 6.01 Å². The molecule has 0 atom stereocenters. The smallest absolute Gasteiger partial charge is 0.327 e. The second-order valence-electron chi connectivity index (χ2n) is 5.32. The maximum Gasteiger partial charge on any atom is 0.327 e. The highest BCUT2D eigenvalue weighted by molar-refractivity contribution is 5.83. The first-order valence-electron chi connectivity index (χ1n) is 8.57. The number of carboxylic acid groups (broad SMARTS) is 1. The van der Waals surface area contributed by atoms with Gasteiger partial charge in [0.1, 0.15) is 5.52 Å². The molecule has 0 aromatic carbocycles. The van der Waals surface area contributed by atoms with E-state index in [0.29, 0.717) is 36.1 Å². The monoisotopic (exact) mass is 353 g/mol. The molecule has 0 radical (unpaired) electrons. The second kappa shape index (κ2) is 11.1. The van der Waals surface area contributed by atoms with Crippen molar-refractivity contribution in [3.63, 3.8) is 0 Å². The predicted octanol–water partition coefficient (Wildman–Crippen LogP) is 2.23. The Hall–Kier alpha value is -2.58. The number of carbonyl (C=O) groups is 1. The molecule has 0 spiro atoms.